The van der Waals surface area contributed by atoms with Gasteiger partial charge in [0.1, 0.15) is 0 Å². The van der Waals surface area contributed by atoms with Crippen molar-refractivity contribution in [3.8, 4) is 0 Å². The van der Waals surface area contributed by atoms with Gasteiger partial charge >= 0.3 is 63.7 Å². The largest absolute Gasteiger partial charge is 1.00 e. The van der Waals surface area contributed by atoms with E-state index in [0.29, 0.717) is 0 Å². The first-order valence-corrected chi connectivity index (χ1v) is 2.61. The molecule has 0 amide bonds. The summed E-state index contributed by atoms with van der Waals surface area (Å²) in [6.45, 7) is 0. The van der Waals surface area contributed by atoms with E-state index in [2.05, 4.69) is 0 Å². The fourth-order valence-corrected chi connectivity index (χ4v) is 0. The maximum absolute atomic E-state index is 8.74. The molecule has 0 spiro atoms. The zero-order valence-corrected chi connectivity index (χ0v) is 8.61. The molecule has 52 valence electrons. The minimum Gasteiger partial charge on any atom is -1.00 e. The zero-order chi connectivity index (χ0) is 7.15. The van der Waals surface area contributed by atoms with E-state index in [-0.39, 0.29) is 51.3 Å². The predicted octanol–water partition coefficient (Wildman–Crippen LogP) is -7.16. The van der Waals surface area contributed by atoms with Crippen LogP contribution in [0, 0.1) is 0 Å². The molecule has 6 nitrogen and oxygen atoms in total. The first-order valence-electron chi connectivity index (χ1n) is 1.30. The van der Waals surface area contributed by atoms with Crippen LogP contribution < -0.4 is 48.4 Å². The molecule has 0 aromatic heterocycles. The Hall–Kier alpha value is 0.484. The molecule has 0 heterocycles. The van der Waals surface area contributed by atoms with Crippen LogP contribution in [-0.2, 0) is 4.46 Å². The van der Waals surface area contributed by atoms with Gasteiger partial charge in [-0.1, -0.05) is 0 Å². The number of hydrogen-bond donors (Lipinski definition) is 4. The van der Waals surface area contributed by atoms with Crippen LogP contribution in [0.5, 0.6) is 0 Å². The minimum atomic E-state index is -3.13. The third-order valence-electron chi connectivity index (χ3n) is 0. The maximum atomic E-state index is 8.74. The van der Waals surface area contributed by atoms with E-state index in [1.807, 2.05) is 0 Å². The summed E-state index contributed by atoms with van der Waals surface area (Å²) in [6.07, 6.45) is -1.83. The topological polar surface area (TPSA) is 115 Å². The molecule has 9 heteroatoms. The van der Waals surface area contributed by atoms with Crippen LogP contribution in [0.3, 0.4) is 0 Å². The van der Waals surface area contributed by atoms with Gasteiger partial charge in [0.2, 0.25) is 0 Å². The van der Waals surface area contributed by atoms with Crippen molar-refractivity contribution in [1.82, 2.24) is 0 Å². The SMILES string of the molecule is O=C(O)O.O=[Si](O)O.[H-].[H-].[Li+].[Na+]. The number of hydrogen-bond acceptors (Lipinski definition) is 2. The summed E-state index contributed by atoms with van der Waals surface area (Å²) in [4.78, 5) is 22.9. The number of rotatable bonds is 0. The first-order chi connectivity index (χ1) is 3.46. The fourth-order valence-electron chi connectivity index (χ4n) is 0. The molecule has 0 atom stereocenters. The van der Waals surface area contributed by atoms with Crippen LogP contribution >= 0.6 is 0 Å². The Bertz CT molecular complexity index is 83.5. The van der Waals surface area contributed by atoms with Gasteiger partial charge in [0.15, 0.2) is 0 Å². The van der Waals surface area contributed by atoms with Crippen molar-refractivity contribution in [1.29, 1.82) is 0 Å². The van der Waals surface area contributed by atoms with Gasteiger partial charge in [-0.05, 0) is 0 Å². The van der Waals surface area contributed by atoms with E-state index < -0.39 is 15.3 Å². The molecule has 0 aromatic rings. The Morgan fingerprint density at radius 3 is 1.30 bits per heavy atom. The van der Waals surface area contributed by atoms with Crippen LogP contribution in [0.2, 0.25) is 0 Å². The van der Waals surface area contributed by atoms with E-state index in [0.717, 1.165) is 0 Å². The van der Waals surface area contributed by atoms with Gasteiger partial charge in [-0.15, -0.1) is 0 Å². The molecule has 0 radical (unpaired) electrons. The summed E-state index contributed by atoms with van der Waals surface area (Å²) >= 11 is 0. The molecular weight excluding hydrogens is 166 g/mol. The molecule has 0 fully saturated rings. The molecule has 0 bridgehead atoms. The van der Waals surface area contributed by atoms with Gasteiger partial charge in [0.05, 0.1) is 0 Å². The first kappa shape index (κ1) is 22.4. The quantitative estimate of drug-likeness (QED) is 0.270. The van der Waals surface area contributed by atoms with Crippen molar-refractivity contribution in [2.24, 2.45) is 0 Å². The van der Waals surface area contributed by atoms with Gasteiger partial charge in [0.25, 0.3) is 0 Å². The summed E-state index contributed by atoms with van der Waals surface area (Å²) in [5.74, 6) is 0. The second-order valence-corrected chi connectivity index (χ2v) is 1.13. The molecule has 4 N–H and O–H groups in total. The van der Waals surface area contributed by atoms with Crippen LogP contribution in [0.1, 0.15) is 2.85 Å². The molecule has 0 aliphatic rings. The Labute approximate surface area is 95.2 Å². The Morgan fingerprint density at radius 1 is 1.30 bits per heavy atom. The van der Waals surface area contributed by atoms with E-state index in [4.69, 9.17) is 29.1 Å². The number of carboxylic acid groups (broad SMARTS) is 2. The van der Waals surface area contributed by atoms with Crippen LogP contribution in [0.4, 0.5) is 4.79 Å². The average Bonchev–Trinajstić information content (AvgIpc) is 1.25. The minimum absolute atomic E-state index is 0. The van der Waals surface area contributed by atoms with Crippen molar-refractivity contribution in [3.05, 3.63) is 0 Å². The molecule has 0 unspecified atom stereocenters. The summed E-state index contributed by atoms with van der Waals surface area (Å²) in [5.41, 5.74) is 0. The predicted molar refractivity (Wildman–Crippen MR) is 23.8 cm³/mol. The Morgan fingerprint density at radius 2 is 1.30 bits per heavy atom. The van der Waals surface area contributed by atoms with Gasteiger partial charge in [-0.2, -0.15) is 0 Å². The van der Waals surface area contributed by atoms with Crippen molar-refractivity contribution in [3.63, 3.8) is 0 Å². The summed E-state index contributed by atoms with van der Waals surface area (Å²) < 4.78 is 8.74. The van der Waals surface area contributed by atoms with Crippen LogP contribution in [0.25, 0.3) is 0 Å². The molecule has 0 rings (SSSR count). The second-order valence-electron chi connectivity index (χ2n) is 0.565. The Balaban J connectivity index is -0.0000000112. The van der Waals surface area contributed by atoms with Gasteiger partial charge in [-0.25, -0.2) is 4.79 Å². The molecular formula is CH6LiNaO6Si. The van der Waals surface area contributed by atoms with Gasteiger partial charge < -0.3 is 22.7 Å². The summed E-state index contributed by atoms with van der Waals surface area (Å²) in [5, 5.41) is 13.9. The van der Waals surface area contributed by atoms with E-state index in [1.165, 1.54) is 0 Å². The van der Waals surface area contributed by atoms with E-state index in [1.54, 1.807) is 0 Å². The van der Waals surface area contributed by atoms with Crippen molar-refractivity contribution in [2.45, 2.75) is 0 Å². The average molecular weight is 172 g/mol. The standard InChI is InChI=1S/CH2O3.Li.Na.H2O3Si.2H/c2-1(3)4;;;1-4(2)3;;/h(H2,2,3,4);;;1-2H;;/q;2*+1;;2*-1. The normalized spacial score (nSPS) is 4.80. The molecule has 0 saturated carbocycles. The second kappa shape index (κ2) is 16.2. The van der Waals surface area contributed by atoms with Gasteiger partial charge in [0, 0.05) is 0 Å². The Kier molecular flexibility index (Phi) is 36.4. The molecule has 0 aromatic carbocycles. The summed E-state index contributed by atoms with van der Waals surface area (Å²) in [7, 11) is -3.13. The van der Waals surface area contributed by atoms with Gasteiger partial charge in [-0.3, -0.25) is 4.46 Å². The monoisotopic (exact) mass is 172 g/mol. The van der Waals surface area contributed by atoms with Crippen LogP contribution in [-0.4, -0.2) is 35.1 Å². The maximum Gasteiger partial charge on any atom is 1.00 e. The molecule has 0 saturated heterocycles. The zero-order valence-electron chi connectivity index (χ0n) is 7.61. The fraction of sp³-hybridized carbons (Fsp3) is 0. The third-order valence-corrected chi connectivity index (χ3v) is 0. The third kappa shape index (κ3) is 2030. The van der Waals surface area contributed by atoms with Crippen molar-refractivity contribution < 1.29 is 80.3 Å². The molecule has 10 heavy (non-hydrogen) atoms. The summed E-state index contributed by atoms with van der Waals surface area (Å²) in [6, 6.07) is 0. The smallest absolute Gasteiger partial charge is 1.00 e. The van der Waals surface area contributed by atoms with E-state index in [9.17, 15) is 0 Å². The van der Waals surface area contributed by atoms with Crippen LogP contribution in [0.15, 0.2) is 0 Å². The van der Waals surface area contributed by atoms with Crippen molar-refractivity contribution >= 4 is 15.3 Å². The molecule has 0 aliphatic carbocycles. The van der Waals surface area contributed by atoms with Crippen molar-refractivity contribution in [2.75, 3.05) is 0 Å². The number of carbonyl (C=O) groups is 1. The molecule has 0 aliphatic heterocycles. The van der Waals surface area contributed by atoms with E-state index >= 15 is 0 Å².